The van der Waals surface area contributed by atoms with E-state index in [0.29, 0.717) is 24.8 Å². The van der Waals surface area contributed by atoms with Crippen LogP contribution >= 0.6 is 0 Å². The molecule has 0 bridgehead atoms. The number of carbonyl (C=O) groups is 1. The van der Waals surface area contributed by atoms with Gasteiger partial charge in [-0.2, -0.15) is 0 Å². The second kappa shape index (κ2) is 9.41. The Hall–Kier alpha value is -3.09. The Morgan fingerprint density at radius 1 is 1.21 bits per heavy atom. The van der Waals surface area contributed by atoms with Crippen LogP contribution in [0.1, 0.15) is 30.9 Å². The molecule has 0 saturated heterocycles. The summed E-state index contributed by atoms with van der Waals surface area (Å²) in [6, 6.07) is 14.2. The number of guanidine groups is 1. The van der Waals surface area contributed by atoms with Gasteiger partial charge >= 0.3 is 0 Å². The van der Waals surface area contributed by atoms with Gasteiger partial charge in [0.25, 0.3) is 5.91 Å². The molecule has 29 heavy (non-hydrogen) atoms. The number of nitrogens with two attached hydrogens (primary N) is 1. The third-order valence-corrected chi connectivity index (χ3v) is 4.93. The van der Waals surface area contributed by atoms with Crippen LogP contribution in [-0.2, 0) is 16.8 Å². The van der Waals surface area contributed by atoms with Crippen LogP contribution in [0.4, 0.5) is 4.39 Å². The normalized spacial score (nSPS) is 14.9. The van der Waals surface area contributed by atoms with Crippen LogP contribution in [0.5, 0.6) is 5.75 Å². The molecule has 0 aliphatic heterocycles. The van der Waals surface area contributed by atoms with Gasteiger partial charge in [0.1, 0.15) is 11.6 Å². The van der Waals surface area contributed by atoms with Crippen LogP contribution < -0.4 is 21.1 Å². The standard InChI is InChI=1S/C22H27FN4O2/c1-2-25-21(26-13-16-5-3-8-19(11-16)29-14-20(24)28)27-15-22(9-10-22)17-6-4-7-18(23)12-17/h3-8,11-12H,2,9-10,13-15H2,1H3,(H2,24,28)(H2,25,26,27). The molecule has 2 aromatic rings. The molecule has 2 aromatic carbocycles. The largest absolute Gasteiger partial charge is 0.484 e. The number of primary amides is 1. The molecule has 1 fully saturated rings. The van der Waals surface area contributed by atoms with E-state index in [-0.39, 0.29) is 17.8 Å². The van der Waals surface area contributed by atoms with Gasteiger partial charge in [-0.3, -0.25) is 4.79 Å². The fourth-order valence-corrected chi connectivity index (χ4v) is 3.19. The average molecular weight is 398 g/mol. The molecule has 1 saturated carbocycles. The molecule has 0 heterocycles. The Bertz CT molecular complexity index is 881. The summed E-state index contributed by atoms with van der Waals surface area (Å²) in [7, 11) is 0. The smallest absolute Gasteiger partial charge is 0.255 e. The number of hydrogen-bond donors (Lipinski definition) is 3. The van der Waals surface area contributed by atoms with Crippen LogP contribution in [0.3, 0.4) is 0 Å². The van der Waals surface area contributed by atoms with Crippen LogP contribution in [0.2, 0.25) is 0 Å². The first kappa shape index (κ1) is 20.6. The van der Waals surface area contributed by atoms with Crippen molar-refractivity contribution < 1.29 is 13.9 Å². The first-order valence-corrected chi connectivity index (χ1v) is 9.79. The third kappa shape index (κ3) is 5.94. The zero-order chi connectivity index (χ0) is 20.7. The fourth-order valence-electron chi connectivity index (χ4n) is 3.19. The molecule has 1 aliphatic carbocycles. The zero-order valence-electron chi connectivity index (χ0n) is 16.6. The van der Waals surface area contributed by atoms with E-state index in [2.05, 4.69) is 15.6 Å². The van der Waals surface area contributed by atoms with E-state index in [4.69, 9.17) is 10.5 Å². The van der Waals surface area contributed by atoms with Crippen LogP contribution in [-0.4, -0.2) is 31.6 Å². The number of rotatable bonds is 9. The summed E-state index contributed by atoms with van der Waals surface area (Å²) in [5, 5.41) is 6.63. The van der Waals surface area contributed by atoms with Crippen molar-refractivity contribution in [2.75, 3.05) is 19.7 Å². The molecule has 6 nitrogen and oxygen atoms in total. The molecule has 1 aliphatic rings. The van der Waals surface area contributed by atoms with Crippen molar-refractivity contribution in [1.29, 1.82) is 0 Å². The van der Waals surface area contributed by atoms with E-state index in [0.717, 1.165) is 30.5 Å². The lowest BCUT2D eigenvalue weighted by atomic mass is 9.96. The summed E-state index contributed by atoms with van der Waals surface area (Å²) in [5.41, 5.74) is 7.07. The van der Waals surface area contributed by atoms with Gasteiger partial charge in [-0.15, -0.1) is 0 Å². The lowest BCUT2D eigenvalue weighted by molar-refractivity contribution is -0.119. The van der Waals surface area contributed by atoms with Crippen molar-refractivity contribution in [1.82, 2.24) is 10.6 Å². The molecule has 154 valence electrons. The number of nitrogens with one attached hydrogen (secondary N) is 2. The summed E-state index contributed by atoms with van der Waals surface area (Å²) in [6.45, 7) is 3.74. The van der Waals surface area contributed by atoms with E-state index >= 15 is 0 Å². The highest BCUT2D eigenvalue weighted by Crippen LogP contribution is 2.47. The Balaban J connectivity index is 1.62. The summed E-state index contributed by atoms with van der Waals surface area (Å²) < 4.78 is 18.9. The van der Waals surface area contributed by atoms with E-state index in [1.165, 1.54) is 6.07 Å². The topological polar surface area (TPSA) is 88.7 Å². The number of carbonyl (C=O) groups excluding carboxylic acids is 1. The number of ether oxygens (including phenoxy) is 1. The maximum Gasteiger partial charge on any atom is 0.255 e. The Morgan fingerprint density at radius 2 is 2.00 bits per heavy atom. The van der Waals surface area contributed by atoms with Crippen molar-refractivity contribution in [3.8, 4) is 5.75 Å². The van der Waals surface area contributed by atoms with Gasteiger partial charge in [-0.25, -0.2) is 9.38 Å². The molecule has 4 N–H and O–H groups in total. The Morgan fingerprint density at radius 3 is 2.69 bits per heavy atom. The number of nitrogens with zero attached hydrogens (tertiary/aromatic N) is 1. The molecule has 1 amide bonds. The molecule has 0 unspecified atom stereocenters. The number of amides is 1. The molecule has 0 aromatic heterocycles. The van der Waals surface area contributed by atoms with Gasteiger partial charge in [0, 0.05) is 18.5 Å². The highest BCUT2D eigenvalue weighted by molar-refractivity contribution is 5.80. The summed E-state index contributed by atoms with van der Waals surface area (Å²) >= 11 is 0. The van der Waals surface area contributed by atoms with Crippen LogP contribution in [0, 0.1) is 5.82 Å². The number of halogens is 1. The molecular weight excluding hydrogens is 371 g/mol. The van der Waals surface area contributed by atoms with E-state index in [1.54, 1.807) is 18.2 Å². The van der Waals surface area contributed by atoms with Crippen molar-refractivity contribution in [2.45, 2.75) is 31.7 Å². The van der Waals surface area contributed by atoms with Gasteiger partial charge in [0.05, 0.1) is 6.54 Å². The summed E-state index contributed by atoms with van der Waals surface area (Å²) in [6.07, 6.45) is 2.06. The molecule has 0 atom stereocenters. The Kier molecular flexibility index (Phi) is 6.69. The maximum absolute atomic E-state index is 13.6. The summed E-state index contributed by atoms with van der Waals surface area (Å²) in [5.74, 6) is 0.572. The minimum Gasteiger partial charge on any atom is -0.484 e. The van der Waals surface area contributed by atoms with Gasteiger partial charge in [0.15, 0.2) is 12.6 Å². The van der Waals surface area contributed by atoms with Gasteiger partial charge in [0.2, 0.25) is 0 Å². The molecule has 0 radical (unpaired) electrons. The first-order chi connectivity index (χ1) is 14.0. The number of aliphatic imine (C=N–C) groups is 1. The monoisotopic (exact) mass is 398 g/mol. The minimum atomic E-state index is -0.514. The predicted molar refractivity (Wildman–Crippen MR) is 111 cm³/mol. The highest BCUT2D eigenvalue weighted by atomic mass is 19.1. The van der Waals surface area contributed by atoms with Gasteiger partial charge in [-0.05, 0) is 55.2 Å². The van der Waals surface area contributed by atoms with Crippen molar-refractivity contribution in [2.24, 2.45) is 10.7 Å². The Labute approximate surface area is 170 Å². The third-order valence-electron chi connectivity index (χ3n) is 4.93. The fraction of sp³-hybridized carbons (Fsp3) is 0.364. The highest BCUT2D eigenvalue weighted by Gasteiger charge is 2.44. The lowest BCUT2D eigenvalue weighted by Gasteiger charge is -2.19. The average Bonchev–Trinajstić information content (AvgIpc) is 3.50. The molecule has 0 spiro atoms. The maximum atomic E-state index is 13.6. The van der Waals surface area contributed by atoms with Crippen LogP contribution in [0.25, 0.3) is 0 Å². The summed E-state index contributed by atoms with van der Waals surface area (Å²) in [4.78, 5) is 15.5. The van der Waals surface area contributed by atoms with Gasteiger partial charge in [-0.1, -0.05) is 24.3 Å². The number of benzene rings is 2. The molecule has 3 rings (SSSR count). The second-order valence-electron chi connectivity index (χ2n) is 7.24. The quantitative estimate of drug-likeness (QED) is 0.447. The minimum absolute atomic E-state index is 0.0270. The lowest BCUT2D eigenvalue weighted by Crippen LogP contribution is -2.41. The van der Waals surface area contributed by atoms with E-state index in [1.807, 2.05) is 31.2 Å². The van der Waals surface area contributed by atoms with E-state index in [9.17, 15) is 9.18 Å². The first-order valence-electron chi connectivity index (χ1n) is 9.79. The van der Waals surface area contributed by atoms with Crippen molar-refractivity contribution in [3.05, 3.63) is 65.5 Å². The second-order valence-corrected chi connectivity index (χ2v) is 7.24. The van der Waals surface area contributed by atoms with Crippen molar-refractivity contribution in [3.63, 3.8) is 0 Å². The van der Waals surface area contributed by atoms with Gasteiger partial charge < -0.3 is 21.1 Å². The predicted octanol–water partition coefficient (Wildman–Crippen LogP) is 2.48. The van der Waals surface area contributed by atoms with E-state index < -0.39 is 5.91 Å². The molecule has 7 heteroatoms. The number of hydrogen-bond acceptors (Lipinski definition) is 3. The van der Waals surface area contributed by atoms with Crippen molar-refractivity contribution >= 4 is 11.9 Å². The SMILES string of the molecule is CCNC(=NCc1cccc(OCC(N)=O)c1)NCC1(c2cccc(F)c2)CC1. The zero-order valence-corrected chi connectivity index (χ0v) is 16.6. The van der Waals surface area contributed by atoms with Crippen LogP contribution in [0.15, 0.2) is 53.5 Å². The molecular formula is C22H27FN4O2.